The molecular weight excluding hydrogens is 162 g/mol. The maximum Gasteiger partial charge on any atom is 0.0736 e. The SMILES string of the molecule is Cc1cnc2ccnc(CN)c2c1. The molecule has 0 aliphatic heterocycles. The van der Waals surface area contributed by atoms with Crippen molar-refractivity contribution < 1.29 is 0 Å². The smallest absolute Gasteiger partial charge is 0.0736 e. The first-order valence-corrected chi connectivity index (χ1v) is 4.21. The summed E-state index contributed by atoms with van der Waals surface area (Å²) < 4.78 is 0. The average Bonchev–Trinajstić information content (AvgIpc) is 2.17. The van der Waals surface area contributed by atoms with Gasteiger partial charge >= 0.3 is 0 Å². The third-order valence-corrected chi connectivity index (χ3v) is 2.02. The molecule has 0 bridgehead atoms. The first kappa shape index (κ1) is 8.13. The summed E-state index contributed by atoms with van der Waals surface area (Å²) in [5, 5.41) is 1.06. The van der Waals surface area contributed by atoms with E-state index in [1.54, 1.807) is 6.20 Å². The second-order valence-corrected chi connectivity index (χ2v) is 3.04. The van der Waals surface area contributed by atoms with Gasteiger partial charge in [0, 0.05) is 24.3 Å². The molecule has 0 saturated heterocycles. The molecule has 3 heteroatoms. The predicted molar refractivity (Wildman–Crippen MR) is 52.2 cm³/mol. The molecule has 0 aromatic carbocycles. The average molecular weight is 173 g/mol. The maximum atomic E-state index is 5.58. The molecule has 2 aromatic heterocycles. The first-order valence-electron chi connectivity index (χ1n) is 4.21. The molecule has 2 aromatic rings. The summed E-state index contributed by atoms with van der Waals surface area (Å²) in [4.78, 5) is 8.50. The predicted octanol–water partition coefficient (Wildman–Crippen LogP) is 1.40. The summed E-state index contributed by atoms with van der Waals surface area (Å²) in [7, 11) is 0. The van der Waals surface area contributed by atoms with Crippen LogP contribution in [-0.4, -0.2) is 9.97 Å². The van der Waals surface area contributed by atoms with E-state index in [0.29, 0.717) is 6.54 Å². The van der Waals surface area contributed by atoms with E-state index in [9.17, 15) is 0 Å². The Balaban J connectivity index is 2.79. The van der Waals surface area contributed by atoms with Gasteiger partial charge in [-0.2, -0.15) is 0 Å². The Labute approximate surface area is 76.6 Å². The Morgan fingerprint density at radius 3 is 3.00 bits per heavy atom. The number of hydrogen-bond donors (Lipinski definition) is 1. The number of aryl methyl sites for hydroxylation is 1. The number of hydrogen-bond acceptors (Lipinski definition) is 3. The van der Waals surface area contributed by atoms with E-state index in [1.807, 2.05) is 19.2 Å². The van der Waals surface area contributed by atoms with Crippen LogP contribution in [0.15, 0.2) is 24.5 Å². The lowest BCUT2D eigenvalue weighted by Gasteiger charge is -2.02. The van der Waals surface area contributed by atoms with Gasteiger partial charge in [-0.1, -0.05) is 0 Å². The van der Waals surface area contributed by atoms with Gasteiger partial charge in [0.15, 0.2) is 0 Å². The fraction of sp³-hybridized carbons (Fsp3) is 0.200. The zero-order valence-electron chi connectivity index (χ0n) is 7.49. The molecule has 0 unspecified atom stereocenters. The lowest BCUT2D eigenvalue weighted by atomic mass is 10.1. The van der Waals surface area contributed by atoms with Crippen LogP contribution in [0.4, 0.5) is 0 Å². The van der Waals surface area contributed by atoms with E-state index in [0.717, 1.165) is 22.2 Å². The van der Waals surface area contributed by atoms with Crippen molar-refractivity contribution in [2.24, 2.45) is 5.73 Å². The number of nitrogens with zero attached hydrogens (tertiary/aromatic N) is 2. The molecule has 2 rings (SSSR count). The summed E-state index contributed by atoms with van der Waals surface area (Å²) >= 11 is 0. The van der Waals surface area contributed by atoms with Crippen LogP contribution in [0.3, 0.4) is 0 Å². The molecule has 66 valence electrons. The zero-order valence-corrected chi connectivity index (χ0v) is 7.49. The van der Waals surface area contributed by atoms with Gasteiger partial charge in [0.25, 0.3) is 0 Å². The molecule has 0 amide bonds. The van der Waals surface area contributed by atoms with Gasteiger partial charge in [-0.25, -0.2) is 0 Å². The van der Waals surface area contributed by atoms with Crippen molar-refractivity contribution in [1.82, 2.24) is 9.97 Å². The fourth-order valence-electron chi connectivity index (χ4n) is 1.37. The zero-order chi connectivity index (χ0) is 9.26. The Morgan fingerprint density at radius 1 is 1.38 bits per heavy atom. The van der Waals surface area contributed by atoms with Gasteiger partial charge in [0.2, 0.25) is 0 Å². The Morgan fingerprint density at radius 2 is 2.23 bits per heavy atom. The number of nitrogens with two attached hydrogens (primary N) is 1. The van der Waals surface area contributed by atoms with Crippen LogP contribution in [-0.2, 0) is 6.54 Å². The van der Waals surface area contributed by atoms with Crippen molar-refractivity contribution in [3.8, 4) is 0 Å². The lowest BCUT2D eigenvalue weighted by Crippen LogP contribution is -2.00. The van der Waals surface area contributed by atoms with Crippen molar-refractivity contribution in [2.75, 3.05) is 0 Å². The summed E-state index contributed by atoms with van der Waals surface area (Å²) in [6.45, 7) is 2.47. The highest BCUT2D eigenvalue weighted by Crippen LogP contribution is 2.15. The Hall–Kier alpha value is -1.48. The Kier molecular flexibility index (Phi) is 1.94. The van der Waals surface area contributed by atoms with Crippen LogP contribution < -0.4 is 5.73 Å². The minimum Gasteiger partial charge on any atom is -0.325 e. The number of aromatic nitrogens is 2. The first-order chi connectivity index (χ1) is 6.31. The van der Waals surface area contributed by atoms with E-state index in [-0.39, 0.29) is 0 Å². The van der Waals surface area contributed by atoms with E-state index >= 15 is 0 Å². The molecule has 13 heavy (non-hydrogen) atoms. The van der Waals surface area contributed by atoms with Crippen molar-refractivity contribution in [1.29, 1.82) is 0 Å². The summed E-state index contributed by atoms with van der Waals surface area (Å²) in [5.74, 6) is 0. The van der Waals surface area contributed by atoms with Crippen molar-refractivity contribution in [3.63, 3.8) is 0 Å². The van der Waals surface area contributed by atoms with Crippen molar-refractivity contribution >= 4 is 10.9 Å². The quantitative estimate of drug-likeness (QED) is 0.709. The van der Waals surface area contributed by atoms with Gasteiger partial charge in [-0.3, -0.25) is 9.97 Å². The molecule has 0 spiro atoms. The fourth-order valence-corrected chi connectivity index (χ4v) is 1.37. The maximum absolute atomic E-state index is 5.58. The normalized spacial score (nSPS) is 10.6. The van der Waals surface area contributed by atoms with E-state index in [2.05, 4.69) is 16.0 Å². The highest BCUT2D eigenvalue weighted by atomic mass is 14.7. The largest absolute Gasteiger partial charge is 0.325 e. The van der Waals surface area contributed by atoms with Crippen molar-refractivity contribution in [2.45, 2.75) is 13.5 Å². The number of fused-ring (bicyclic) bond motifs is 1. The summed E-state index contributed by atoms with van der Waals surface area (Å²) in [6.07, 6.45) is 3.59. The van der Waals surface area contributed by atoms with Crippen LogP contribution in [0, 0.1) is 6.92 Å². The van der Waals surface area contributed by atoms with Crippen LogP contribution in [0.5, 0.6) is 0 Å². The third kappa shape index (κ3) is 1.38. The number of rotatable bonds is 1. The van der Waals surface area contributed by atoms with Gasteiger partial charge in [0.1, 0.15) is 0 Å². The van der Waals surface area contributed by atoms with Gasteiger partial charge < -0.3 is 5.73 Å². The molecule has 0 saturated carbocycles. The van der Waals surface area contributed by atoms with E-state index in [1.165, 1.54) is 0 Å². The minimum atomic E-state index is 0.461. The third-order valence-electron chi connectivity index (χ3n) is 2.02. The molecule has 2 N–H and O–H groups in total. The van der Waals surface area contributed by atoms with Crippen LogP contribution in [0.1, 0.15) is 11.3 Å². The molecule has 2 heterocycles. The van der Waals surface area contributed by atoms with E-state index in [4.69, 9.17) is 5.73 Å². The molecule has 0 aliphatic rings. The molecule has 3 nitrogen and oxygen atoms in total. The molecule has 0 aliphatic carbocycles. The molecule has 0 radical (unpaired) electrons. The van der Waals surface area contributed by atoms with Gasteiger partial charge in [-0.15, -0.1) is 0 Å². The van der Waals surface area contributed by atoms with Crippen LogP contribution in [0.25, 0.3) is 10.9 Å². The van der Waals surface area contributed by atoms with Crippen LogP contribution in [0.2, 0.25) is 0 Å². The second kappa shape index (κ2) is 3.11. The molecule has 0 fully saturated rings. The standard InChI is InChI=1S/C10H11N3/c1-7-4-8-9(13-6-7)2-3-12-10(8)5-11/h2-4,6H,5,11H2,1H3. The number of pyridine rings is 2. The van der Waals surface area contributed by atoms with Crippen LogP contribution >= 0.6 is 0 Å². The minimum absolute atomic E-state index is 0.461. The molecular formula is C10H11N3. The van der Waals surface area contributed by atoms with Crippen molar-refractivity contribution in [3.05, 3.63) is 35.8 Å². The highest BCUT2D eigenvalue weighted by Gasteiger charge is 2.00. The Bertz CT molecular complexity index is 437. The summed E-state index contributed by atoms with van der Waals surface area (Å²) in [5.41, 5.74) is 8.58. The topological polar surface area (TPSA) is 51.8 Å². The second-order valence-electron chi connectivity index (χ2n) is 3.04. The molecule has 0 atom stereocenters. The van der Waals surface area contributed by atoms with E-state index < -0.39 is 0 Å². The highest BCUT2D eigenvalue weighted by molar-refractivity contribution is 5.80. The summed E-state index contributed by atoms with van der Waals surface area (Å²) in [6, 6.07) is 3.96. The lowest BCUT2D eigenvalue weighted by molar-refractivity contribution is 1.01. The van der Waals surface area contributed by atoms with Gasteiger partial charge in [-0.05, 0) is 24.6 Å². The monoisotopic (exact) mass is 173 g/mol. The van der Waals surface area contributed by atoms with Gasteiger partial charge in [0.05, 0.1) is 11.2 Å².